The number of fused-ring (bicyclic) bond motifs is 1. The fourth-order valence-electron chi connectivity index (χ4n) is 2.31. The number of hydrogen-bond acceptors (Lipinski definition) is 3. The molecule has 0 amide bonds. The summed E-state index contributed by atoms with van der Waals surface area (Å²) in [5, 5.41) is 5.04. The second kappa shape index (κ2) is 3.98. The molecule has 5 heteroatoms. The fraction of sp³-hybridized carbons (Fsp3) is 0.143. The summed E-state index contributed by atoms with van der Waals surface area (Å²) in [4.78, 5) is 12.5. The SMILES string of the molecule is Cc1cc(N)n(C(=O)c2cn(C)c3ccccc23)n1. The van der Waals surface area contributed by atoms with Crippen LogP contribution in [-0.2, 0) is 7.05 Å². The molecule has 1 aromatic carbocycles. The van der Waals surface area contributed by atoms with Gasteiger partial charge in [0, 0.05) is 30.2 Å². The van der Waals surface area contributed by atoms with Crippen molar-refractivity contribution in [3.8, 4) is 0 Å². The Kier molecular flexibility index (Phi) is 2.41. The number of aryl methyl sites for hydroxylation is 2. The number of rotatable bonds is 1. The van der Waals surface area contributed by atoms with Crippen molar-refractivity contribution in [2.45, 2.75) is 6.92 Å². The number of nitrogens with two attached hydrogens (primary N) is 1. The average Bonchev–Trinajstić information content (AvgIpc) is 2.90. The monoisotopic (exact) mass is 254 g/mol. The van der Waals surface area contributed by atoms with Gasteiger partial charge in [-0.1, -0.05) is 18.2 Å². The van der Waals surface area contributed by atoms with Crippen LogP contribution >= 0.6 is 0 Å². The molecule has 0 fully saturated rings. The molecule has 0 saturated carbocycles. The van der Waals surface area contributed by atoms with Crippen molar-refractivity contribution < 1.29 is 4.79 Å². The van der Waals surface area contributed by atoms with Crippen molar-refractivity contribution in [3.05, 3.63) is 47.8 Å². The minimum atomic E-state index is -0.206. The smallest absolute Gasteiger partial charge is 0.282 e. The lowest BCUT2D eigenvalue weighted by molar-refractivity contribution is 0.0949. The number of nitrogens with zero attached hydrogens (tertiary/aromatic N) is 3. The van der Waals surface area contributed by atoms with Crippen LogP contribution < -0.4 is 5.73 Å². The number of benzene rings is 1. The van der Waals surface area contributed by atoms with Gasteiger partial charge in [0.25, 0.3) is 5.91 Å². The minimum Gasteiger partial charge on any atom is -0.383 e. The normalized spacial score (nSPS) is 11.1. The summed E-state index contributed by atoms with van der Waals surface area (Å²) in [7, 11) is 1.91. The van der Waals surface area contributed by atoms with Gasteiger partial charge in [0.15, 0.2) is 0 Å². The second-order valence-corrected chi connectivity index (χ2v) is 4.60. The summed E-state index contributed by atoms with van der Waals surface area (Å²) in [6, 6.07) is 9.45. The Labute approximate surface area is 110 Å². The fourth-order valence-corrected chi connectivity index (χ4v) is 2.31. The molecular formula is C14H14N4O. The number of hydrogen-bond donors (Lipinski definition) is 1. The highest BCUT2D eigenvalue weighted by atomic mass is 16.2. The van der Waals surface area contributed by atoms with E-state index in [9.17, 15) is 4.79 Å². The van der Waals surface area contributed by atoms with E-state index in [1.54, 1.807) is 6.07 Å². The third-order valence-corrected chi connectivity index (χ3v) is 3.18. The van der Waals surface area contributed by atoms with Gasteiger partial charge in [-0.3, -0.25) is 4.79 Å². The molecule has 2 N–H and O–H groups in total. The summed E-state index contributed by atoms with van der Waals surface area (Å²) in [6.07, 6.45) is 1.81. The van der Waals surface area contributed by atoms with Crippen LogP contribution in [-0.4, -0.2) is 20.3 Å². The van der Waals surface area contributed by atoms with Crippen LogP contribution in [0.5, 0.6) is 0 Å². The first-order valence-electron chi connectivity index (χ1n) is 5.99. The number of aromatic nitrogens is 3. The van der Waals surface area contributed by atoms with E-state index in [4.69, 9.17) is 5.73 Å². The molecule has 0 aliphatic carbocycles. The first-order chi connectivity index (χ1) is 9.08. The Morgan fingerprint density at radius 1 is 1.32 bits per heavy atom. The van der Waals surface area contributed by atoms with Crippen LogP contribution in [0.25, 0.3) is 10.9 Å². The molecule has 0 spiro atoms. The number of para-hydroxylation sites is 1. The van der Waals surface area contributed by atoms with Gasteiger partial charge in [-0.15, -0.1) is 0 Å². The largest absolute Gasteiger partial charge is 0.383 e. The Hall–Kier alpha value is -2.56. The predicted octanol–water partition coefficient (Wildman–Crippen LogP) is 1.95. The molecule has 0 bridgehead atoms. The highest BCUT2D eigenvalue weighted by Crippen LogP contribution is 2.22. The summed E-state index contributed by atoms with van der Waals surface area (Å²) in [6.45, 7) is 1.81. The van der Waals surface area contributed by atoms with E-state index in [0.717, 1.165) is 16.6 Å². The van der Waals surface area contributed by atoms with Crippen molar-refractivity contribution in [1.29, 1.82) is 0 Å². The Bertz CT molecular complexity index is 782. The standard InChI is InChI=1S/C14H14N4O/c1-9-7-13(15)18(16-9)14(19)11-8-17(2)12-6-4-3-5-10(11)12/h3-8H,15H2,1-2H3. The predicted molar refractivity (Wildman–Crippen MR) is 74.0 cm³/mol. The van der Waals surface area contributed by atoms with Crippen LogP contribution in [0.2, 0.25) is 0 Å². The minimum absolute atomic E-state index is 0.206. The molecular weight excluding hydrogens is 240 g/mol. The molecule has 2 heterocycles. The van der Waals surface area contributed by atoms with Crippen LogP contribution in [0.4, 0.5) is 5.82 Å². The molecule has 0 aliphatic heterocycles. The number of carbonyl (C=O) groups is 1. The highest BCUT2D eigenvalue weighted by Gasteiger charge is 2.18. The summed E-state index contributed by atoms with van der Waals surface area (Å²) < 4.78 is 3.17. The van der Waals surface area contributed by atoms with Crippen molar-refractivity contribution in [1.82, 2.24) is 14.3 Å². The van der Waals surface area contributed by atoms with Gasteiger partial charge in [0.2, 0.25) is 0 Å². The summed E-state index contributed by atoms with van der Waals surface area (Å²) in [5.41, 5.74) is 8.14. The molecule has 96 valence electrons. The van der Waals surface area contributed by atoms with Crippen molar-refractivity contribution in [2.75, 3.05) is 5.73 Å². The Morgan fingerprint density at radius 3 is 2.74 bits per heavy atom. The second-order valence-electron chi connectivity index (χ2n) is 4.60. The van der Waals surface area contributed by atoms with Gasteiger partial charge >= 0.3 is 0 Å². The van der Waals surface area contributed by atoms with Crippen LogP contribution in [0.15, 0.2) is 36.5 Å². The zero-order chi connectivity index (χ0) is 13.6. The van der Waals surface area contributed by atoms with E-state index >= 15 is 0 Å². The molecule has 0 radical (unpaired) electrons. The van der Waals surface area contributed by atoms with Gasteiger partial charge in [-0.2, -0.15) is 9.78 Å². The number of anilines is 1. The lowest BCUT2D eigenvalue weighted by Gasteiger charge is -2.01. The van der Waals surface area contributed by atoms with Crippen LogP contribution in [0, 0.1) is 6.92 Å². The zero-order valence-corrected chi connectivity index (χ0v) is 10.8. The third-order valence-electron chi connectivity index (χ3n) is 3.18. The lowest BCUT2D eigenvalue weighted by Crippen LogP contribution is -2.15. The van der Waals surface area contributed by atoms with Gasteiger partial charge < -0.3 is 10.3 Å². The van der Waals surface area contributed by atoms with E-state index in [2.05, 4.69) is 5.10 Å². The molecule has 0 unspecified atom stereocenters. The Morgan fingerprint density at radius 2 is 2.05 bits per heavy atom. The molecule has 0 aliphatic rings. The highest BCUT2D eigenvalue weighted by molar-refractivity contribution is 6.08. The first kappa shape index (κ1) is 11.5. The number of nitrogen functional groups attached to an aromatic ring is 1. The van der Waals surface area contributed by atoms with Gasteiger partial charge in [0.1, 0.15) is 5.82 Å². The van der Waals surface area contributed by atoms with Crippen molar-refractivity contribution in [3.63, 3.8) is 0 Å². The molecule has 3 rings (SSSR count). The number of carbonyl (C=O) groups excluding carboxylic acids is 1. The molecule has 0 saturated heterocycles. The van der Waals surface area contributed by atoms with Crippen LogP contribution in [0.3, 0.4) is 0 Å². The van der Waals surface area contributed by atoms with E-state index in [0.29, 0.717) is 11.4 Å². The molecule has 5 nitrogen and oxygen atoms in total. The first-order valence-corrected chi connectivity index (χ1v) is 5.99. The zero-order valence-electron chi connectivity index (χ0n) is 10.8. The Balaban J connectivity index is 2.20. The maximum absolute atomic E-state index is 12.5. The van der Waals surface area contributed by atoms with Gasteiger partial charge in [0.05, 0.1) is 11.3 Å². The average molecular weight is 254 g/mol. The van der Waals surface area contributed by atoms with Gasteiger partial charge in [-0.25, -0.2) is 0 Å². The van der Waals surface area contributed by atoms with Crippen LogP contribution in [0.1, 0.15) is 16.1 Å². The summed E-state index contributed by atoms with van der Waals surface area (Å²) in [5.74, 6) is 0.151. The van der Waals surface area contributed by atoms with Crippen molar-refractivity contribution >= 4 is 22.6 Å². The third kappa shape index (κ3) is 1.71. The quantitative estimate of drug-likeness (QED) is 0.721. The molecule has 19 heavy (non-hydrogen) atoms. The van der Waals surface area contributed by atoms with E-state index in [1.165, 1.54) is 4.68 Å². The van der Waals surface area contributed by atoms with Gasteiger partial charge in [-0.05, 0) is 13.0 Å². The lowest BCUT2D eigenvalue weighted by atomic mass is 10.1. The van der Waals surface area contributed by atoms with E-state index in [1.807, 2.05) is 49.0 Å². The molecule has 3 aromatic rings. The van der Waals surface area contributed by atoms with E-state index in [-0.39, 0.29) is 5.91 Å². The molecule has 2 aromatic heterocycles. The summed E-state index contributed by atoms with van der Waals surface area (Å²) >= 11 is 0. The van der Waals surface area contributed by atoms with E-state index < -0.39 is 0 Å². The van der Waals surface area contributed by atoms with Crippen molar-refractivity contribution in [2.24, 2.45) is 7.05 Å². The maximum atomic E-state index is 12.5. The maximum Gasteiger partial charge on any atom is 0.282 e. The topological polar surface area (TPSA) is 65.8 Å². The molecule has 0 atom stereocenters.